The molecule has 0 aliphatic rings. The standard InChI is InChI=1S/C21H17F3N4O4S/c22-10-5-15(20(31)28-21-25-3-4-33-21)17-16(6-10)26-19(27-17)13-2-1-12(7-14(13)18(23)24)32-9-11(30)8-29/h1-7,11,18,29-30H,8-9H2,(H,26,27)(H,25,28,31). The highest BCUT2D eigenvalue weighted by molar-refractivity contribution is 7.13. The molecule has 4 rings (SSSR count). The third-order valence-corrected chi connectivity index (χ3v) is 5.30. The number of rotatable bonds is 8. The van der Waals surface area contributed by atoms with Gasteiger partial charge in [0.15, 0.2) is 5.13 Å². The number of benzene rings is 2. The van der Waals surface area contributed by atoms with E-state index in [0.29, 0.717) is 5.13 Å². The Morgan fingerprint density at radius 1 is 1.27 bits per heavy atom. The molecule has 2 heterocycles. The van der Waals surface area contributed by atoms with Gasteiger partial charge in [-0.05, 0) is 30.3 Å². The highest BCUT2D eigenvalue weighted by Crippen LogP contribution is 2.34. The molecule has 0 aliphatic carbocycles. The molecule has 2 aromatic carbocycles. The predicted octanol–water partition coefficient (Wildman–Crippen LogP) is 3.75. The Morgan fingerprint density at radius 3 is 2.79 bits per heavy atom. The van der Waals surface area contributed by atoms with Gasteiger partial charge in [-0.2, -0.15) is 0 Å². The Labute approximate surface area is 188 Å². The zero-order valence-electron chi connectivity index (χ0n) is 16.8. The van der Waals surface area contributed by atoms with E-state index in [9.17, 15) is 23.1 Å². The molecule has 0 spiro atoms. The van der Waals surface area contributed by atoms with Crippen molar-refractivity contribution in [3.05, 3.63) is 58.9 Å². The lowest BCUT2D eigenvalue weighted by atomic mass is 10.1. The quantitative estimate of drug-likeness (QED) is 0.306. The number of aromatic amines is 1. The summed E-state index contributed by atoms with van der Waals surface area (Å²) < 4.78 is 47.0. The number of aliphatic hydroxyl groups excluding tert-OH is 2. The van der Waals surface area contributed by atoms with Gasteiger partial charge in [-0.1, -0.05) is 0 Å². The zero-order valence-corrected chi connectivity index (χ0v) is 17.6. The van der Waals surface area contributed by atoms with Gasteiger partial charge in [-0.25, -0.2) is 23.1 Å². The summed E-state index contributed by atoms with van der Waals surface area (Å²) in [6.07, 6.45) is -2.56. The molecule has 0 saturated heterocycles. The van der Waals surface area contributed by atoms with Gasteiger partial charge >= 0.3 is 0 Å². The Bertz CT molecular complexity index is 1280. The van der Waals surface area contributed by atoms with Crippen molar-refractivity contribution in [2.45, 2.75) is 12.5 Å². The van der Waals surface area contributed by atoms with Crippen LogP contribution in [-0.4, -0.2) is 50.4 Å². The maximum Gasteiger partial charge on any atom is 0.264 e. The van der Waals surface area contributed by atoms with Crippen molar-refractivity contribution in [2.75, 3.05) is 18.5 Å². The molecule has 33 heavy (non-hydrogen) atoms. The number of fused-ring (bicyclic) bond motifs is 1. The molecule has 0 radical (unpaired) electrons. The van der Waals surface area contributed by atoms with Gasteiger partial charge in [0.05, 0.1) is 17.7 Å². The highest BCUT2D eigenvalue weighted by Gasteiger charge is 2.21. The number of halogens is 3. The number of aromatic nitrogens is 3. The third-order valence-electron chi connectivity index (χ3n) is 4.62. The first-order chi connectivity index (χ1) is 15.9. The van der Waals surface area contributed by atoms with Gasteiger partial charge in [0.25, 0.3) is 12.3 Å². The Hall–Kier alpha value is -3.48. The molecule has 2 aromatic heterocycles. The number of hydrogen-bond acceptors (Lipinski definition) is 7. The van der Waals surface area contributed by atoms with E-state index < -0.39 is 36.4 Å². The minimum absolute atomic E-state index is 0.0103. The van der Waals surface area contributed by atoms with Crippen molar-refractivity contribution in [1.82, 2.24) is 15.0 Å². The Kier molecular flexibility index (Phi) is 6.58. The van der Waals surface area contributed by atoms with Crippen molar-refractivity contribution >= 4 is 33.4 Å². The summed E-state index contributed by atoms with van der Waals surface area (Å²) in [7, 11) is 0. The summed E-state index contributed by atoms with van der Waals surface area (Å²) in [5.74, 6) is -1.28. The summed E-state index contributed by atoms with van der Waals surface area (Å²) in [5, 5.41) is 22.7. The van der Waals surface area contributed by atoms with Crippen LogP contribution in [0.2, 0.25) is 0 Å². The van der Waals surface area contributed by atoms with E-state index in [0.717, 1.165) is 18.2 Å². The van der Waals surface area contributed by atoms with Crippen molar-refractivity contribution in [3.8, 4) is 17.1 Å². The van der Waals surface area contributed by atoms with Crippen LogP contribution >= 0.6 is 11.3 Å². The number of alkyl halides is 2. The monoisotopic (exact) mass is 478 g/mol. The lowest BCUT2D eigenvalue weighted by molar-refractivity contribution is 0.0534. The molecule has 1 atom stereocenters. The number of ether oxygens (including phenoxy) is 1. The van der Waals surface area contributed by atoms with Crippen LogP contribution in [0, 0.1) is 5.82 Å². The summed E-state index contributed by atoms with van der Waals surface area (Å²) in [6.45, 7) is -0.812. The van der Waals surface area contributed by atoms with Crippen LogP contribution in [0.25, 0.3) is 22.4 Å². The average molecular weight is 478 g/mol. The SMILES string of the molecule is O=C(Nc1nccs1)c1cc(F)cc2[nH]c(-c3ccc(OCC(O)CO)cc3C(F)F)nc12. The van der Waals surface area contributed by atoms with Crippen molar-refractivity contribution in [2.24, 2.45) is 0 Å². The number of imidazole rings is 1. The normalized spacial score (nSPS) is 12.3. The lowest BCUT2D eigenvalue weighted by Gasteiger charge is -2.13. The van der Waals surface area contributed by atoms with Crippen LogP contribution in [0.3, 0.4) is 0 Å². The smallest absolute Gasteiger partial charge is 0.264 e. The zero-order chi connectivity index (χ0) is 23.5. The first kappa shape index (κ1) is 22.7. The van der Waals surface area contributed by atoms with Crippen molar-refractivity contribution in [1.29, 1.82) is 0 Å². The van der Waals surface area contributed by atoms with E-state index >= 15 is 0 Å². The maximum atomic E-state index is 14.2. The molecule has 172 valence electrons. The molecule has 8 nitrogen and oxygen atoms in total. The minimum atomic E-state index is -2.90. The second-order valence-corrected chi connectivity index (χ2v) is 7.82. The van der Waals surface area contributed by atoms with Crippen LogP contribution in [0.1, 0.15) is 22.3 Å². The Morgan fingerprint density at radius 2 is 2.09 bits per heavy atom. The highest BCUT2D eigenvalue weighted by atomic mass is 32.1. The summed E-state index contributed by atoms with van der Waals surface area (Å²) >= 11 is 1.18. The molecule has 4 aromatic rings. The van der Waals surface area contributed by atoms with Gasteiger partial charge in [-0.15, -0.1) is 11.3 Å². The number of nitrogens with one attached hydrogen (secondary N) is 2. The number of H-pyrrole nitrogens is 1. The summed E-state index contributed by atoms with van der Waals surface area (Å²) in [6, 6.07) is 5.95. The first-order valence-electron chi connectivity index (χ1n) is 9.60. The van der Waals surface area contributed by atoms with E-state index in [1.807, 2.05) is 0 Å². The number of thiazole rings is 1. The molecular formula is C21H17F3N4O4S. The van der Waals surface area contributed by atoms with Gasteiger partial charge in [0.2, 0.25) is 0 Å². The fraction of sp³-hybridized carbons (Fsp3) is 0.190. The van der Waals surface area contributed by atoms with E-state index in [2.05, 4.69) is 20.3 Å². The van der Waals surface area contributed by atoms with Crippen molar-refractivity contribution < 1.29 is 32.9 Å². The Balaban J connectivity index is 1.72. The molecule has 1 unspecified atom stereocenters. The second-order valence-electron chi connectivity index (χ2n) is 6.92. The van der Waals surface area contributed by atoms with Crippen LogP contribution < -0.4 is 10.1 Å². The fourth-order valence-corrected chi connectivity index (χ4v) is 3.63. The van der Waals surface area contributed by atoms with Crippen LogP contribution in [0.15, 0.2) is 41.9 Å². The summed E-state index contributed by atoms with van der Waals surface area (Å²) in [5.41, 5.74) is -0.213. The van der Waals surface area contributed by atoms with E-state index in [1.165, 1.54) is 29.7 Å². The number of amides is 1. The van der Waals surface area contributed by atoms with E-state index in [4.69, 9.17) is 9.84 Å². The van der Waals surface area contributed by atoms with Crippen molar-refractivity contribution in [3.63, 3.8) is 0 Å². The first-order valence-corrected chi connectivity index (χ1v) is 10.5. The van der Waals surface area contributed by atoms with Gasteiger partial charge in [0.1, 0.15) is 35.6 Å². The molecule has 4 N–H and O–H groups in total. The average Bonchev–Trinajstić information content (AvgIpc) is 3.46. The fourth-order valence-electron chi connectivity index (χ4n) is 3.10. The number of carbonyl (C=O) groups excluding carboxylic acids is 1. The van der Waals surface area contributed by atoms with E-state index in [1.54, 1.807) is 5.38 Å². The minimum Gasteiger partial charge on any atom is -0.491 e. The van der Waals surface area contributed by atoms with Gasteiger partial charge < -0.3 is 19.9 Å². The molecule has 1 amide bonds. The topological polar surface area (TPSA) is 120 Å². The number of anilines is 1. The van der Waals surface area contributed by atoms with Gasteiger partial charge in [-0.3, -0.25) is 10.1 Å². The van der Waals surface area contributed by atoms with E-state index in [-0.39, 0.29) is 40.3 Å². The largest absolute Gasteiger partial charge is 0.491 e. The number of hydrogen-bond donors (Lipinski definition) is 4. The van der Waals surface area contributed by atoms with Crippen LogP contribution in [0.4, 0.5) is 18.3 Å². The van der Waals surface area contributed by atoms with Gasteiger partial charge in [0, 0.05) is 22.7 Å². The maximum absolute atomic E-state index is 14.2. The predicted molar refractivity (Wildman–Crippen MR) is 115 cm³/mol. The molecule has 0 saturated carbocycles. The van der Waals surface area contributed by atoms with Crippen LogP contribution in [0.5, 0.6) is 5.75 Å². The molecule has 12 heteroatoms. The number of carbonyl (C=O) groups is 1. The summed E-state index contributed by atoms with van der Waals surface area (Å²) in [4.78, 5) is 23.7. The molecular weight excluding hydrogens is 461 g/mol. The van der Waals surface area contributed by atoms with Crippen LogP contribution in [-0.2, 0) is 0 Å². The molecule has 0 bridgehead atoms. The number of nitrogens with zero attached hydrogens (tertiary/aromatic N) is 2. The third kappa shape index (κ3) is 4.97. The number of aliphatic hydroxyl groups is 2. The molecule has 0 fully saturated rings. The lowest BCUT2D eigenvalue weighted by Crippen LogP contribution is -2.21. The second kappa shape index (κ2) is 9.57. The molecule has 0 aliphatic heterocycles.